The van der Waals surface area contributed by atoms with E-state index in [4.69, 9.17) is 15.0 Å². The number of aromatic nitrogens is 2. The number of hydrogen-bond acceptors (Lipinski definition) is 6. The molecule has 0 saturated heterocycles. The third kappa shape index (κ3) is 3.73. The van der Waals surface area contributed by atoms with Gasteiger partial charge in [0.1, 0.15) is 11.3 Å². The number of anilines is 1. The van der Waals surface area contributed by atoms with Crippen LogP contribution in [0, 0.1) is 18.3 Å². The molecule has 2 heterocycles. The number of hydrogen-bond donors (Lipinski definition) is 0. The van der Waals surface area contributed by atoms with Gasteiger partial charge in [-0.2, -0.15) is 5.26 Å². The number of thiazole rings is 1. The van der Waals surface area contributed by atoms with Gasteiger partial charge in [-0.25, -0.2) is 4.98 Å². The molecule has 0 bridgehead atoms. The second-order valence-electron chi connectivity index (χ2n) is 6.66. The maximum atomic E-state index is 13.4. The first-order chi connectivity index (χ1) is 14.6. The number of nitrogens with zero attached hydrogens (tertiary/aromatic N) is 4. The predicted octanol–water partition coefficient (Wildman–Crippen LogP) is 4.73. The van der Waals surface area contributed by atoms with Crippen LogP contribution in [-0.4, -0.2) is 23.0 Å². The van der Waals surface area contributed by atoms with E-state index in [-0.39, 0.29) is 12.5 Å². The van der Waals surface area contributed by atoms with E-state index >= 15 is 0 Å². The van der Waals surface area contributed by atoms with Crippen LogP contribution in [0.4, 0.5) is 5.13 Å². The second kappa shape index (κ2) is 8.31. The lowest BCUT2D eigenvalue weighted by Gasteiger charge is -2.19. The zero-order chi connectivity index (χ0) is 21.1. The number of methoxy groups -OCH3 is 1. The first kappa shape index (κ1) is 19.6. The lowest BCUT2D eigenvalue weighted by atomic mass is 10.1. The number of ether oxygens (including phenoxy) is 1. The van der Waals surface area contributed by atoms with E-state index in [1.807, 2.05) is 37.3 Å². The zero-order valence-electron chi connectivity index (χ0n) is 16.5. The van der Waals surface area contributed by atoms with Crippen LogP contribution in [0.5, 0.6) is 5.75 Å². The number of rotatable bonds is 5. The Balaban J connectivity index is 1.80. The van der Waals surface area contributed by atoms with Crippen molar-refractivity contribution in [3.8, 4) is 11.8 Å². The van der Waals surface area contributed by atoms with Crippen LogP contribution in [0.2, 0.25) is 0 Å². The van der Waals surface area contributed by atoms with Gasteiger partial charge in [0, 0.05) is 11.8 Å². The Labute approximate surface area is 178 Å². The molecule has 30 heavy (non-hydrogen) atoms. The number of fused-ring (bicyclic) bond motifs is 1. The predicted molar refractivity (Wildman–Crippen MR) is 117 cm³/mol. The molecule has 0 unspecified atom stereocenters. The fourth-order valence-corrected chi connectivity index (χ4v) is 4.15. The lowest BCUT2D eigenvalue weighted by Crippen LogP contribution is -2.30. The SMILES string of the molecule is COc1ccc(C)c2sc(N(Cc3ccccn3)C(=O)c3ccc(C#N)cc3)nc12. The number of nitriles is 1. The van der Waals surface area contributed by atoms with Crippen molar-refractivity contribution >= 4 is 32.6 Å². The van der Waals surface area contributed by atoms with Gasteiger partial charge in [-0.15, -0.1) is 0 Å². The van der Waals surface area contributed by atoms with Crippen LogP contribution in [-0.2, 0) is 6.54 Å². The van der Waals surface area contributed by atoms with Gasteiger partial charge in [0.25, 0.3) is 5.91 Å². The van der Waals surface area contributed by atoms with Crippen molar-refractivity contribution < 1.29 is 9.53 Å². The molecular weight excluding hydrogens is 396 g/mol. The minimum atomic E-state index is -0.208. The first-order valence-corrected chi connectivity index (χ1v) is 10.1. The van der Waals surface area contributed by atoms with Crippen molar-refractivity contribution in [2.45, 2.75) is 13.5 Å². The molecule has 4 rings (SSSR count). The molecule has 6 nitrogen and oxygen atoms in total. The van der Waals surface area contributed by atoms with Crippen LogP contribution in [0.3, 0.4) is 0 Å². The highest BCUT2D eigenvalue weighted by atomic mass is 32.1. The summed E-state index contributed by atoms with van der Waals surface area (Å²) >= 11 is 1.45. The molecule has 0 radical (unpaired) electrons. The number of carbonyl (C=O) groups excluding carboxylic acids is 1. The van der Waals surface area contributed by atoms with Crippen molar-refractivity contribution in [1.29, 1.82) is 5.26 Å². The van der Waals surface area contributed by atoms with Gasteiger partial charge < -0.3 is 4.74 Å². The van der Waals surface area contributed by atoms with E-state index in [9.17, 15) is 4.79 Å². The van der Waals surface area contributed by atoms with Crippen LogP contribution in [0.25, 0.3) is 10.2 Å². The molecule has 0 aliphatic carbocycles. The Morgan fingerprint density at radius 3 is 2.63 bits per heavy atom. The fourth-order valence-electron chi connectivity index (χ4n) is 3.10. The Morgan fingerprint density at radius 2 is 1.97 bits per heavy atom. The molecule has 0 atom stereocenters. The number of amides is 1. The molecule has 0 aliphatic rings. The fraction of sp³-hybridized carbons (Fsp3) is 0.130. The van der Waals surface area contributed by atoms with E-state index in [2.05, 4.69) is 11.1 Å². The molecule has 0 spiro atoms. The first-order valence-electron chi connectivity index (χ1n) is 9.27. The minimum Gasteiger partial charge on any atom is -0.494 e. The smallest absolute Gasteiger partial charge is 0.260 e. The van der Waals surface area contributed by atoms with E-state index in [0.29, 0.717) is 22.0 Å². The zero-order valence-corrected chi connectivity index (χ0v) is 17.3. The van der Waals surface area contributed by atoms with Gasteiger partial charge in [0.2, 0.25) is 0 Å². The molecule has 0 saturated carbocycles. The molecular formula is C23H18N4O2S. The third-order valence-electron chi connectivity index (χ3n) is 4.70. The summed E-state index contributed by atoms with van der Waals surface area (Å²) in [7, 11) is 1.61. The number of benzene rings is 2. The van der Waals surface area contributed by atoms with Gasteiger partial charge in [-0.05, 0) is 55.0 Å². The molecule has 2 aromatic carbocycles. The lowest BCUT2D eigenvalue weighted by molar-refractivity contribution is 0.0985. The van der Waals surface area contributed by atoms with Crippen molar-refractivity contribution in [3.63, 3.8) is 0 Å². The van der Waals surface area contributed by atoms with E-state index < -0.39 is 0 Å². The van der Waals surface area contributed by atoms with Crippen LogP contribution >= 0.6 is 11.3 Å². The van der Waals surface area contributed by atoms with Crippen LogP contribution < -0.4 is 9.64 Å². The highest BCUT2D eigenvalue weighted by Crippen LogP contribution is 2.37. The normalized spacial score (nSPS) is 10.6. The molecule has 4 aromatic rings. The number of aryl methyl sites for hydroxylation is 1. The minimum absolute atomic E-state index is 0.208. The van der Waals surface area contributed by atoms with Gasteiger partial charge in [0.15, 0.2) is 5.13 Å². The Hall–Kier alpha value is -3.76. The summed E-state index contributed by atoms with van der Waals surface area (Å²) in [6.45, 7) is 2.29. The Kier molecular flexibility index (Phi) is 5.42. The molecule has 2 aromatic heterocycles. The number of carbonyl (C=O) groups is 1. The highest BCUT2D eigenvalue weighted by Gasteiger charge is 2.23. The summed E-state index contributed by atoms with van der Waals surface area (Å²) < 4.78 is 6.44. The van der Waals surface area contributed by atoms with Gasteiger partial charge in [-0.3, -0.25) is 14.7 Å². The third-order valence-corrected chi connectivity index (χ3v) is 5.91. The van der Waals surface area contributed by atoms with Gasteiger partial charge >= 0.3 is 0 Å². The average Bonchev–Trinajstić information content (AvgIpc) is 3.24. The van der Waals surface area contributed by atoms with Crippen LogP contribution in [0.1, 0.15) is 27.2 Å². The number of pyridine rings is 1. The maximum absolute atomic E-state index is 13.4. The second-order valence-corrected chi connectivity index (χ2v) is 7.64. The van der Waals surface area contributed by atoms with Crippen molar-refractivity contribution in [3.05, 3.63) is 83.2 Å². The van der Waals surface area contributed by atoms with E-state index in [1.54, 1.807) is 42.5 Å². The standard InChI is InChI=1S/C23H18N4O2S/c1-15-6-11-19(29-2)20-21(15)30-23(26-20)27(14-18-5-3-4-12-25-18)22(28)17-9-7-16(13-24)8-10-17/h3-12H,14H2,1-2H3. The van der Waals surface area contributed by atoms with Crippen molar-refractivity contribution in [2.24, 2.45) is 0 Å². The van der Waals surface area contributed by atoms with Gasteiger partial charge in [-0.1, -0.05) is 23.5 Å². The van der Waals surface area contributed by atoms with Crippen LogP contribution in [0.15, 0.2) is 60.8 Å². The van der Waals surface area contributed by atoms with E-state index in [1.165, 1.54) is 11.3 Å². The summed E-state index contributed by atoms with van der Waals surface area (Å²) in [5.41, 5.74) is 3.53. The van der Waals surface area contributed by atoms with Crippen molar-refractivity contribution in [1.82, 2.24) is 9.97 Å². The quantitative estimate of drug-likeness (QED) is 0.472. The van der Waals surface area contributed by atoms with E-state index in [0.717, 1.165) is 21.5 Å². The summed E-state index contributed by atoms with van der Waals surface area (Å²) in [4.78, 5) is 24.1. The monoisotopic (exact) mass is 414 g/mol. The molecule has 7 heteroatoms. The average molecular weight is 414 g/mol. The Bertz CT molecular complexity index is 1240. The topological polar surface area (TPSA) is 79.1 Å². The molecule has 0 N–H and O–H groups in total. The molecule has 1 amide bonds. The van der Waals surface area contributed by atoms with Gasteiger partial charge in [0.05, 0.1) is 35.7 Å². The summed E-state index contributed by atoms with van der Waals surface area (Å²) in [6, 6.07) is 18.1. The van der Waals surface area contributed by atoms with Crippen molar-refractivity contribution in [2.75, 3.05) is 12.0 Å². The molecule has 148 valence electrons. The largest absolute Gasteiger partial charge is 0.494 e. The Morgan fingerprint density at radius 1 is 1.17 bits per heavy atom. The summed E-state index contributed by atoms with van der Waals surface area (Å²) in [6.07, 6.45) is 1.70. The summed E-state index contributed by atoms with van der Waals surface area (Å²) in [5, 5.41) is 9.60. The molecule has 0 fully saturated rings. The summed E-state index contributed by atoms with van der Waals surface area (Å²) in [5.74, 6) is 0.461. The highest BCUT2D eigenvalue weighted by molar-refractivity contribution is 7.22. The molecule has 0 aliphatic heterocycles. The maximum Gasteiger partial charge on any atom is 0.260 e.